The van der Waals surface area contributed by atoms with Gasteiger partial charge in [0.05, 0.1) is 6.61 Å². The van der Waals surface area contributed by atoms with Gasteiger partial charge in [-0.15, -0.1) is 0 Å². The van der Waals surface area contributed by atoms with Crippen LogP contribution in [-0.4, -0.2) is 25.0 Å². The molecule has 0 fully saturated rings. The smallest absolute Gasteiger partial charge is 0.193 e. The number of hydrogen-bond donors (Lipinski definition) is 1. The third kappa shape index (κ3) is 5.53. The first-order valence-electron chi connectivity index (χ1n) is 8.26. The van der Waals surface area contributed by atoms with Gasteiger partial charge in [-0.3, -0.25) is 4.79 Å². The van der Waals surface area contributed by atoms with Crippen LogP contribution in [0.3, 0.4) is 0 Å². The van der Waals surface area contributed by atoms with E-state index in [2.05, 4.69) is 19.2 Å². The number of carbonyl (C=O) groups excluding carboxylic acids is 1. The van der Waals surface area contributed by atoms with Gasteiger partial charge in [0.2, 0.25) is 0 Å². The molecular formula is C20H25NO2. The van der Waals surface area contributed by atoms with Crippen molar-refractivity contribution >= 4 is 5.78 Å². The summed E-state index contributed by atoms with van der Waals surface area (Å²) in [5.41, 5.74) is 1.39. The number of rotatable bonds is 9. The summed E-state index contributed by atoms with van der Waals surface area (Å²) in [6, 6.07) is 17.2. The molecule has 23 heavy (non-hydrogen) atoms. The van der Waals surface area contributed by atoms with Gasteiger partial charge in [-0.25, -0.2) is 0 Å². The van der Waals surface area contributed by atoms with E-state index in [1.54, 1.807) is 0 Å². The van der Waals surface area contributed by atoms with Crippen LogP contribution >= 0.6 is 0 Å². The van der Waals surface area contributed by atoms with Gasteiger partial charge < -0.3 is 10.1 Å². The minimum absolute atomic E-state index is 0.0369. The molecule has 0 heterocycles. The molecule has 0 amide bonds. The zero-order valence-electron chi connectivity index (χ0n) is 13.9. The first kappa shape index (κ1) is 17.2. The minimum atomic E-state index is 0.0369. The van der Waals surface area contributed by atoms with E-state index in [-0.39, 0.29) is 5.78 Å². The van der Waals surface area contributed by atoms with Crippen LogP contribution in [0.25, 0.3) is 0 Å². The summed E-state index contributed by atoms with van der Waals surface area (Å²) in [6.45, 7) is 5.99. The van der Waals surface area contributed by atoms with Gasteiger partial charge in [0.1, 0.15) is 5.75 Å². The Morgan fingerprint density at radius 2 is 1.70 bits per heavy atom. The second-order valence-corrected chi connectivity index (χ2v) is 5.68. The molecule has 2 aromatic rings. The number of ether oxygens (including phenoxy) is 1. The molecule has 0 saturated heterocycles. The fourth-order valence-corrected chi connectivity index (χ4v) is 2.21. The molecule has 3 nitrogen and oxygen atoms in total. The molecule has 2 rings (SSSR count). The largest absolute Gasteiger partial charge is 0.494 e. The summed E-state index contributed by atoms with van der Waals surface area (Å²) >= 11 is 0. The third-order valence-electron chi connectivity index (χ3n) is 3.85. The third-order valence-corrected chi connectivity index (χ3v) is 3.85. The Bertz CT molecular complexity index is 593. The van der Waals surface area contributed by atoms with Crippen molar-refractivity contribution in [3.8, 4) is 5.75 Å². The topological polar surface area (TPSA) is 38.3 Å². The molecule has 0 aromatic heterocycles. The van der Waals surface area contributed by atoms with Gasteiger partial charge in [-0.1, -0.05) is 37.3 Å². The molecule has 0 bridgehead atoms. The first-order valence-corrected chi connectivity index (χ1v) is 8.26. The fourth-order valence-electron chi connectivity index (χ4n) is 2.21. The van der Waals surface area contributed by atoms with Gasteiger partial charge in [0.15, 0.2) is 5.78 Å². The van der Waals surface area contributed by atoms with Crippen molar-refractivity contribution in [1.29, 1.82) is 0 Å². The zero-order chi connectivity index (χ0) is 16.5. The molecule has 2 aromatic carbocycles. The quantitative estimate of drug-likeness (QED) is 0.560. The Morgan fingerprint density at radius 1 is 1.04 bits per heavy atom. The molecule has 0 saturated carbocycles. The van der Waals surface area contributed by atoms with Crippen LogP contribution in [0.2, 0.25) is 0 Å². The molecule has 0 aliphatic rings. The maximum absolute atomic E-state index is 12.3. The Kier molecular flexibility index (Phi) is 6.82. The zero-order valence-corrected chi connectivity index (χ0v) is 13.9. The summed E-state index contributed by atoms with van der Waals surface area (Å²) in [6.07, 6.45) is 2.10. The van der Waals surface area contributed by atoms with Crippen LogP contribution < -0.4 is 10.1 Å². The van der Waals surface area contributed by atoms with Crippen LogP contribution in [-0.2, 0) is 0 Å². The van der Waals surface area contributed by atoms with Gasteiger partial charge in [0, 0.05) is 17.2 Å². The van der Waals surface area contributed by atoms with Crippen molar-refractivity contribution in [2.75, 3.05) is 13.2 Å². The average Bonchev–Trinajstić information content (AvgIpc) is 2.62. The van der Waals surface area contributed by atoms with E-state index in [1.165, 1.54) is 0 Å². The standard InChI is InChI=1S/C20H25NO2/c1-3-16(2)21-14-7-15-23-19-12-10-18(11-13-19)20(22)17-8-5-4-6-9-17/h4-6,8-13,16,21H,3,7,14-15H2,1-2H3. The highest BCUT2D eigenvalue weighted by atomic mass is 16.5. The molecule has 1 N–H and O–H groups in total. The van der Waals surface area contributed by atoms with E-state index in [9.17, 15) is 4.79 Å². The van der Waals surface area contributed by atoms with Crippen molar-refractivity contribution < 1.29 is 9.53 Å². The van der Waals surface area contributed by atoms with E-state index in [4.69, 9.17) is 4.74 Å². The van der Waals surface area contributed by atoms with E-state index in [1.807, 2.05) is 54.6 Å². The van der Waals surface area contributed by atoms with Gasteiger partial charge >= 0.3 is 0 Å². The molecular weight excluding hydrogens is 286 g/mol. The van der Waals surface area contributed by atoms with Crippen LogP contribution in [0.4, 0.5) is 0 Å². The highest BCUT2D eigenvalue weighted by Gasteiger charge is 2.08. The predicted molar refractivity (Wildman–Crippen MR) is 94.2 cm³/mol. The van der Waals surface area contributed by atoms with Crippen molar-refractivity contribution in [3.05, 3.63) is 65.7 Å². The summed E-state index contributed by atoms with van der Waals surface area (Å²) in [5.74, 6) is 0.841. The van der Waals surface area contributed by atoms with Crippen molar-refractivity contribution in [1.82, 2.24) is 5.32 Å². The Labute approximate surface area is 138 Å². The molecule has 0 aliphatic carbocycles. The minimum Gasteiger partial charge on any atom is -0.494 e. The normalized spacial score (nSPS) is 11.9. The highest BCUT2D eigenvalue weighted by Crippen LogP contribution is 2.15. The number of carbonyl (C=O) groups is 1. The lowest BCUT2D eigenvalue weighted by molar-refractivity contribution is 0.103. The Balaban J connectivity index is 1.80. The van der Waals surface area contributed by atoms with Crippen molar-refractivity contribution in [2.24, 2.45) is 0 Å². The summed E-state index contributed by atoms with van der Waals surface area (Å²) in [4.78, 5) is 12.3. The molecule has 0 aliphatic heterocycles. The van der Waals surface area contributed by atoms with Crippen LogP contribution in [0, 0.1) is 0 Å². The lowest BCUT2D eigenvalue weighted by Gasteiger charge is -2.11. The first-order chi connectivity index (χ1) is 11.2. The molecule has 3 heteroatoms. The monoisotopic (exact) mass is 311 g/mol. The maximum atomic E-state index is 12.3. The SMILES string of the molecule is CCC(C)NCCCOc1ccc(C(=O)c2ccccc2)cc1. The Morgan fingerprint density at radius 3 is 2.35 bits per heavy atom. The lowest BCUT2D eigenvalue weighted by Crippen LogP contribution is -2.27. The lowest BCUT2D eigenvalue weighted by atomic mass is 10.0. The second kappa shape index (κ2) is 9.11. The van der Waals surface area contributed by atoms with E-state index in [0.29, 0.717) is 23.8 Å². The van der Waals surface area contributed by atoms with Gasteiger partial charge in [0.25, 0.3) is 0 Å². The summed E-state index contributed by atoms with van der Waals surface area (Å²) in [5, 5.41) is 3.44. The Hall–Kier alpha value is -2.13. The fraction of sp³-hybridized carbons (Fsp3) is 0.350. The molecule has 1 atom stereocenters. The van der Waals surface area contributed by atoms with Crippen LogP contribution in [0.1, 0.15) is 42.6 Å². The molecule has 1 unspecified atom stereocenters. The summed E-state index contributed by atoms with van der Waals surface area (Å²) in [7, 11) is 0. The number of ketones is 1. The van der Waals surface area contributed by atoms with Gasteiger partial charge in [-0.2, -0.15) is 0 Å². The number of hydrogen-bond acceptors (Lipinski definition) is 3. The van der Waals surface area contributed by atoms with Crippen LogP contribution in [0.5, 0.6) is 5.75 Å². The number of benzene rings is 2. The predicted octanol–water partition coefficient (Wildman–Crippen LogP) is 4.07. The highest BCUT2D eigenvalue weighted by molar-refractivity contribution is 6.08. The summed E-state index contributed by atoms with van der Waals surface area (Å²) < 4.78 is 5.71. The maximum Gasteiger partial charge on any atom is 0.193 e. The second-order valence-electron chi connectivity index (χ2n) is 5.68. The van der Waals surface area contributed by atoms with E-state index in [0.717, 1.165) is 25.1 Å². The van der Waals surface area contributed by atoms with E-state index >= 15 is 0 Å². The van der Waals surface area contributed by atoms with Crippen molar-refractivity contribution in [3.63, 3.8) is 0 Å². The molecule has 122 valence electrons. The van der Waals surface area contributed by atoms with E-state index < -0.39 is 0 Å². The van der Waals surface area contributed by atoms with Gasteiger partial charge in [-0.05, 0) is 50.6 Å². The van der Waals surface area contributed by atoms with Crippen molar-refractivity contribution in [2.45, 2.75) is 32.7 Å². The molecule has 0 spiro atoms. The average molecular weight is 311 g/mol. The number of nitrogens with one attached hydrogen (secondary N) is 1. The van der Waals surface area contributed by atoms with Crippen LogP contribution in [0.15, 0.2) is 54.6 Å². The molecule has 0 radical (unpaired) electrons.